The second-order valence-corrected chi connectivity index (χ2v) is 11.7. The van der Waals surface area contributed by atoms with Crippen molar-refractivity contribution in [3.8, 4) is 5.88 Å². The molecule has 2 aromatic rings. The van der Waals surface area contributed by atoms with Crippen LogP contribution in [0.2, 0.25) is 0 Å². The first-order valence-electron chi connectivity index (χ1n) is 11.5. The lowest BCUT2D eigenvalue weighted by molar-refractivity contribution is -0.154. The van der Waals surface area contributed by atoms with Gasteiger partial charge in [-0.3, -0.25) is 14.6 Å². The third kappa shape index (κ3) is 5.69. The predicted molar refractivity (Wildman–Crippen MR) is 133 cm³/mol. The Morgan fingerprint density at radius 2 is 1.92 bits per heavy atom. The van der Waals surface area contributed by atoms with Gasteiger partial charge in [-0.25, -0.2) is 14.4 Å². The first kappa shape index (κ1) is 27.6. The summed E-state index contributed by atoms with van der Waals surface area (Å²) < 4.78 is 55.6. The second kappa shape index (κ2) is 9.40. The van der Waals surface area contributed by atoms with E-state index in [1.807, 2.05) is 20.8 Å². The lowest BCUT2D eigenvalue weighted by atomic mass is 9.85. The molecule has 2 aliphatic rings. The molecule has 1 aromatic carbocycles. The Bertz CT molecular complexity index is 1300. The van der Waals surface area contributed by atoms with Gasteiger partial charge in [-0.15, -0.1) is 0 Å². The maximum Gasteiger partial charge on any atom is 0.422 e. The molecule has 1 saturated carbocycles. The molecule has 2 heterocycles. The fourth-order valence-electron chi connectivity index (χ4n) is 4.37. The third-order valence-electron chi connectivity index (χ3n) is 6.10. The normalized spacial score (nSPS) is 24.6. The number of carbonyl (C=O) groups excluding carboxylic acids is 2. The summed E-state index contributed by atoms with van der Waals surface area (Å²) >= 11 is 1.17. The fourth-order valence-corrected chi connectivity index (χ4v) is 5.74. The van der Waals surface area contributed by atoms with E-state index in [9.17, 15) is 22.8 Å². The van der Waals surface area contributed by atoms with Gasteiger partial charge in [0.15, 0.2) is 11.8 Å². The van der Waals surface area contributed by atoms with E-state index in [1.165, 1.54) is 30.0 Å². The van der Waals surface area contributed by atoms with E-state index in [2.05, 4.69) is 30.3 Å². The van der Waals surface area contributed by atoms with E-state index in [1.54, 1.807) is 6.92 Å². The van der Waals surface area contributed by atoms with Gasteiger partial charge in [0.25, 0.3) is 5.91 Å². The lowest BCUT2D eigenvalue weighted by Crippen LogP contribution is -2.50. The molecule has 1 fully saturated rings. The van der Waals surface area contributed by atoms with Crippen LogP contribution in [0.25, 0.3) is 0 Å². The Balaban J connectivity index is 1.54. The molecule has 4 N–H and O–H groups in total. The van der Waals surface area contributed by atoms with Crippen LogP contribution in [0, 0.1) is 11.7 Å². The summed E-state index contributed by atoms with van der Waals surface area (Å²) in [5.74, 6) is -2.25. The molecule has 2 amide bonds. The molecule has 0 spiro atoms. The number of ether oxygens (including phenoxy) is 1. The first-order chi connectivity index (χ1) is 17.5. The van der Waals surface area contributed by atoms with Gasteiger partial charge in [-0.05, 0) is 52.3 Å². The number of alkyl halides is 3. The van der Waals surface area contributed by atoms with Crippen LogP contribution in [0.15, 0.2) is 35.6 Å². The maximum absolute atomic E-state index is 15.1. The number of halogens is 4. The molecule has 9 nitrogen and oxygen atoms in total. The number of hydrogen-bond acceptors (Lipinski definition) is 8. The van der Waals surface area contributed by atoms with Crippen molar-refractivity contribution in [1.82, 2.24) is 15.3 Å². The minimum Gasteiger partial charge on any atom is -0.467 e. The van der Waals surface area contributed by atoms with E-state index in [4.69, 9.17) is 5.73 Å². The largest absolute Gasteiger partial charge is 0.467 e. The van der Waals surface area contributed by atoms with Crippen molar-refractivity contribution in [2.45, 2.75) is 56.1 Å². The topological polar surface area (TPSA) is 132 Å². The van der Waals surface area contributed by atoms with Crippen molar-refractivity contribution in [2.24, 2.45) is 16.6 Å². The van der Waals surface area contributed by atoms with Crippen molar-refractivity contribution in [1.29, 1.82) is 0 Å². The molecule has 38 heavy (non-hydrogen) atoms. The number of aliphatic imine (C=N–C) groups is 1. The molecule has 3 atom stereocenters. The Labute approximate surface area is 220 Å². The molecule has 0 bridgehead atoms. The summed E-state index contributed by atoms with van der Waals surface area (Å²) in [6, 6.07) is 3.92. The molecule has 204 valence electrons. The number of hydrogen-bond donors (Lipinski definition) is 3. The number of nitrogens with zero attached hydrogens (tertiary/aromatic N) is 3. The predicted octanol–water partition coefficient (Wildman–Crippen LogP) is 3.76. The molecule has 0 radical (unpaired) electrons. The molecule has 0 saturated heterocycles. The van der Waals surface area contributed by atoms with Crippen molar-refractivity contribution >= 4 is 34.4 Å². The Hall–Kier alpha value is -3.42. The highest BCUT2D eigenvalue weighted by Gasteiger charge is 2.70. The molecular weight excluding hydrogens is 528 g/mol. The van der Waals surface area contributed by atoms with Crippen molar-refractivity contribution in [2.75, 3.05) is 11.9 Å². The zero-order chi connectivity index (χ0) is 28.1. The summed E-state index contributed by atoms with van der Waals surface area (Å²) in [5, 5.41) is 5.69. The highest BCUT2D eigenvalue weighted by molar-refractivity contribution is 8.15. The SMILES string of the molecule is CC(C)(C)NC(=O)[C@]12CC1[C@@](C)(c1cc(NC(=O)c3cnc(OCC(F)(F)F)cn3)ccc1F)N=C(N)S2. The number of rotatable bonds is 6. The van der Waals surface area contributed by atoms with Gasteiger partial charge < -0.3 is 21.1 Å². The number of anilines is 1. The number of nitrogens with one attached hydrogen (secondary N) is 2. The highest BCUT2D eigenvalue weighted by Crippen LogP contribution is 2.66. The summed E-state index contributed by atoms with van der Waals surface area (Å²) in [7, 11) is 0. The van der Waals surface area contributed by atoms with Crippen LogP contribution >= 0.6 is 11.8 Å². The Morgan fingerprint density at radius 3 is 2.53 bits per heavy atom. The van der Waals surface area contributed by atoms with E-state index < -0.39 is 46.2 Å². The van der Waals surface area contributed by atoms with Crippen LogP contribution in [0.1, 0.15) is 50.2 Å². The first-order valence-corrected chi connectivity index (χ1v) is 12.3. The average molecular weight is 555 g/mol. The highest BCUT2D eigenvalue weighted by atomic mass is 32.2. The number of amidine groups is 1. The molecular formula is C24H26F4N6O3S. The minimum absolute atomic E-state index is 0.149. The van der Waals surface area contributed by atoms with E-state index in [-0.39, 0.29) is 33.9 Å². The summed E-state index contributed by atoms with van der Waals surface area (Å²) in [6.45, 7) is 5.74. The monoisotopic (exact) mass is 554 g/mol. The zero-order valence-electron chi connectivity index (χ0n) is 20.9. The average Bonchev–Trinajstić information content (AvgIpc) is 3.54. The number of aromatic nitrogens is 2. The molecule has 4 rings (SSSR count). The summed E-state index contributed by atoms with van der Waals surface area (Å²) in [4.78, 5) is 37.8. The minimum atomic E-state index is -4.54. The number of thioether (sulfide) groups is 1. The van der Waals surface area contributed by atoms with Gasteiger partial charge in [0.2, 0.25) is 11.8 Å². The smallest absolute Gasteiger partial charge is 0.422 e. The van der Waals surface area contributed by atoms with Crippen molar-refractivity contribution in [3.63, 3.8) is 0 Å². The summed E-state index contributed by atoms with van der Waals surface area (Å²) in [6.07, 6.45) is -2.25. The van der Waals surface area contributed by atoms with E-state index in [0.717, 1.165) is 12.4 Å². The third-order valence-corrected chi connectivity index (χ3v) is 7.41. The maximum atomic E-state index is 15.1. The van der Waals surface area contributed by atoms with Crippen LogP contribution in [0.5, 0.6) is 5.88 Å². The summed E-state index contributed by atoms with van der Waals surface area (Å²) in [5.41, 5.74) is 4.63. The van der Waals surface area contributed by atoms with Crippen LogP contribution in [0.4, 0.5) is 23.2 Å². The fraction of sp³-hybridized carbons (Fsp3) is 0.458. The molecule has 1 aliphatic heterocycles. The Kier molecular flexibility index (Phi) is 6.83. The van der Waals surface area contributed by atoms with Gasteiger partial charge in [0.05, 0.1) is 17.9 Å². The number of benzene rings is 1. The van der Waals surface area contributed by atoms with E-state index >= 15 is 4.39 Å². The van der Waals surface area contributed by atoms with Crippen LogP contribution in [-0.4, -0.2) is 50.0 Å². The van der Waals surface area contributed by atoms with Crippen molar-refractivity contribution < 1.29 is 31.9 Å². The molecule has 1 unspecified atom stereocenters. The quantitative estimate of drug-likeness (QED) is 0.464. The van der Waals surface area contributed by atoms with E-state index in [0.29, 0.717) is 6.42 Å². The molecule has 1 aromatic heterocycles. The molecule has 1 aliphatic carbocycles. The number of carbonyl (C=O) groups is 2. The van der Waals surface area contributed by atoms with Crippen LogP contribution < -0.4 is 21.1 Å². The number of nitrogens with two attached hydrogens (primary N) is 1. The van der Waals surface area contributed by atoms with Gasteiger partial charge in [0.1, 0.15) is 16.3 Å². The number of amides is 2. The number of fused-ring (bicyclic) bond motifs is 1. The molecule has 14 heteroatoms. The Morgan fingerprint density at radius 1 is 1.21 bits per heavy atom. The van der Waals surface area contributed by atoms with Crippen molar-refractivity contribution in [3.05, 3.63) is 47.7 Å². The standard InChI is InChI=1S/C24H26F4N6O3S/c1-21(2,3)33-19(36)23-8-16(23)22(4,34-20(29)38-23)13-7-12(5-6-14(13)25)32-18(35)15-9-31-17(10-30-15)37-11-24(26,27)28/h5-7,9-10,16H,8,11H2,1-4H3,(H2,29,34)(H,32,35)(H,33,36)/t16?,22-,23+/m1/s1. The second-order valence-electron chi connectivity index (χ2n) is 10.3. The van der Waals surface area contributed by atoms with Crippen LogP contribution in [0.3, 0.4) is 0 Å². The van der Waals surface area contributed by atoms with Crippen LogP contribution in [-0.2, 0) is 10.3 Å². The lowest BCUT2D eigenvalue weighted by Gasteiger charge is -2.35. The van der Waals surface area contributed by atoms with Gasteiger partial charge >= 0.3 is 6.18 Å². The van der Waals surface area contributed by atoms with Gasteiger partial charge in [-0.2, -0.15) is 13.2 Å². The van der Waals surface area contributed by atoms with Gasteiger partial charge in [-0.1, -0.05) is 11.8 Å². The zero-order valence-corrected chi connectivity index (χ0v) is 21.8. The van der Waals surface area contributed by atoms with Gasteiger partial charge in [0, 0.05) is 22.7 Å².